The molecule has 23 heavy (non-hydrogen) atoms. The Balaban J connectivity index is 1.80. The molecule has 120 valence electrons. The van der Waals surface area contributed by atoms with Crippen molar-refractivity contribution >= 4 is 34.5 Å². The highest BCUT2D eigenvalue weighted by atomic mass is 32.2. The average molecular weight is 331 g/mol. The summed E-state index contributed by atoms with van der Waals surface area (Å²) in [6.07, 6.45) is 5.16. The Hall–Kier alpha value is -2.32. The lowest BCUT2D eigenvalue weighted by molar-refractivity contribution is 0.100. The highest BCUT2D eigenvalue weighted by Gasteiger charge is 2.24. The van der Waals surface area contributed by atoms with Crippen molar-refractivity contribution in [2.45, 2.75) is 23.8 Å². The number of rotatable bonds is 6. The van der Waals surface area contributed by atoms with Crippen molar-refractivity contribution < 1.29 is 9.35 Å². The quantitative estimate of drug-likeness (QED) is 0.693. The Morgan fingerprint density at radius 2 is 2.04 bits per heavy atom. The minimum atomic E-state index is -1.02. The van der Waals surface area contributed by atoms with E-state index < -0.39 is 17.1 Å². The molecule has 1 atom stereocenters. The van der Waals surface area contributed by atoms with Crippen LogP contribution in [0, 0.1) is 0 Å². The van der Waals surface area contributed by atoms with Crippen LogP contribution in [-0.2, 0) is 11.2 Å². The van der Waals surface area contributed by atoms with Gasteiger partial charge in [-0.1, -0.05) is 0 Å². The van der Waals surface area contributed by atoms with E-state index in [1.54, 1.807) is 30.5 Å². The molecule has 3 rings (SSSR count). The molecule has 1 fully saturated rings. The Morgan fingerprint density at radius 1 is 1.35 bits per heavy atom. The summed E-state index contributed by atoms with van der Waals surface area (Å²) in [4.78, 5) is 20.6. The topological polar surface area (TPSA) is 116 Å². The van der Waals surface area contributed by atoms with Crippen molar-refractivity contribution in [3.8, 4) is 0 Å². The first-order valence-electron chi connectivity index (χ1n) is 7.17. The first kappa shape index (κ1) is 15.6. The number of benzene rings is 1. The second-order valence-corrected chi connectivity index (χ2v) is 6.72. The standard InChI is InChI=1S/C15H17N5O2S/c1-23(22)11-6-4-10(5-7-11)19-15-17-8-12(13(16)21)14(20-15)18-9-2-3-9/h4-9H,2-3H2,1H3,(H2,16,21)(H2,17,18,19,20). The van der Waals surface area contributed by atoms with Crippen molar-refractivity contribution in [2.24, 2.45) is 5.73 Å². The summed E-state index contributed by atoms with van der Waals surface area (Å²) in [7, 11) is 0. The molecular formula is C15H17N5O2S. The van der Waals surface area contributed by atoms with Crippen LogP contribution < -0.4 is 16.4 Å². The smallest absolute Gasteiger partial charge is 0.254 e. The molecular weight excluding hydrogens is 314 g/mol. The maximum atomic E-state index is 11.4. The van der Waals surface area contributed by atoms with E-state index in [2.05, 4.69) is 20.6 Å². The Labute approximate surface area is 136 Å². The number of carbonyl (C=O) groups excluding carboxylic acids is 1. The first-order chi connectivity index (χ1) is 11.0. The van der Waals surface area contributed by atoms with Crippen molar-refractivity contribution in [1.82, 2.24) is 9.97 Å². The minimum absolute atomic E-state index is 0.277. The van der Waals surface area contributed by atoms with E-state index in [1.165, 1.54) is 6.20 Å². The second-order valence-electron chi connectivity index (χ2n) is 5.34. The monoisotopic (exact) mass is 331 g/mol. The number of primary amides is 1. The Kier molecular flexibility index (Phi) is 4.35. The van der Waals surface area contributed by atoms with Gasteiger partial charge in [0.2, 0.25) is 5.95 Å². The molecule has 1 aromatic carbocycles. The first-order valence-corrected chi connectivity index (χ1v) is 8.72. The van der Waals surface area contributed by atoms with E-state index >= 15 is 0 Å². The summed E-state index contributed by atoms with van der Waals surface area (Å²) in [6, 6.07) is 7.50. The van der Waals surface area contributed by atoms with Crippen LogP contribution in [0.2, 0.25) is 0 Å². The predicted molar refractivity (Wildman–Crippen MR) is 89.3 cm³/mol. The van der Waals surface area contributed by atoms with E-state index in [-0.39, 0.29) is 5.56 Å². The number of nitrogens with two attached hydrogens (primary N) is 1. The molecule has 2 aromatic rings. The third-order valence-corrected chi connectivity index (χ3v) is 4.35. The molecule has 0 spiro atoms. The largest absolute Gasteiger partial charge is 0.612 e. The Morgan fingerprint density at radius 3 is 2.61 bits per heavy atom. The van der Waals surface area contributed by atoms with Gasteiger partial charge in [0.25, 0.3) is 5.91 Å². The third kappa shape index (κ3) is 3.91. The van der Waals surface area contributed by atoms with Gasteiger partial charge in [-0.2, -0.15) is 4.98 Å². The van der Waals surface area contributed by atoms with Crippen LogP contribution in [0.15, 0.2) is 35.4 Å². The van der Waals surface area contributed by atoms with Gasteiger partial charge in [0, 0.05) is 17.9 Å². The number of nitrogens with one attached hydrogen (secondary N) is 2. The van der Waals surface area contributed by atoms with Gasteiger partial charge < -0.3 is 20.9 Å². The predicted octanol–water partition coefficient (Wildman–Crippen LogP) is 1.63. The van der Waals surface area contributed by atoms with Crippen LogP contribution >= 0.6 is 0 Å². The molecule has 1 unspecified atom stereocenters. The molecule has 1 saturated carbocycles. The molecule has 1 aliphatic carbocycles. The van der Waals surface area contributed by atoms with Crippen LogP contribution in [0.4, 0.5) is 17.5 Å². The molecule has 7 nitrogen and oxygen atoms in total. The van der Waals surface area contributed by atoms with Crippen LogP contribution in [0.3, 0.4) is 0 Å². The zero-order valence-corrected chi connectivity index (χ0v) is 13.4. The van der Waals surface area contributed by atoms with E-state index in [0.717, 1.165) is 23.4 Å². The molecule has 4 N–H and O–H groups in total. The normalized spacial score (nSPS) is 15.0. The fraction of sp³-hybridized carbons (Fsp3) is 0.267. The lowest BCUT2D eigenvalue weighted by Crippen LogP contribution is -2.17. The number of aromatic nitrogens is 2. The van der Waals surface area contributed by atoms with Crippen LogP contribution in [0.25, 0.3) is 0 Å². The number of amides is 1. The lowest BCUT2D eigenvalue weighted by Gasteiger charge is -2.11. The van der Waals surface area contributed by atoms with Gasteiger partial charge in [-0.15, -0.1) is 0 Å². The molecule has 0 saturated heterocycles. The fourth-order valence-corrected chi connectivity index (χ4v) is 2.53. The highest BCUT2D eigenvalue weighted by molar-refractivity contribution is 7.90. The maximum Gasteiger partial charge on any atom is 0.254 e. The minimum Gasteiger partial charge on any atom is -0.612 e. The molecule has 0 aliphatic heterocycles. The van der Waals surface area contributed by atoms with Crippen molar-refractivity contribution in [2.75, 3.05) is 16.9 Å². The van der Waals surface area contributed by atoms with E-state index in [9.17, 15) is 9.35 Å². The molecule has 8 heteroatoms. The van der Waals surface area contributed by atoms with Crippen LogP contribution in [0.5, 0.6) is 0 Å². The van der Waals surface area contributed by atoms with Gasteiger partial charge in [-0.05, 0) is 48.3 Å². The number of hydrogen-bond donors (Lipinski definition) is 3. The van der Waals surface area contributed by atoms with Gasteiger partial charge >= 0.3 is 0 Å². The fourth-order valence-electron chi connectivity index (χ4n) is 2.01. The van der Waals surface area contributed by atoms with E-state index in [1.807, 2.05) is 0 Å². The van der Waals surface area contributed by atoms with E-state index in [4.69, 9.17) is 5.73 Å². The summed E-state index contributed by atoms with van der Waals surface area (Å²) >= 11 is -1.02. The summed E-state index contributed by atoms with van der Waals surface area (Å²) in [5, 5.41) is 6.24. The summed E-state index contributed by atoms with van der Waals surface area (Å²) < 4.78 is 11.4. The van der Waals surface area contributed by atoms with Gasteiger partial charge in [-0.3, -0.25) is 4.79 Å². The summed E-state index contributed by atoms with van der Waals surface area (Å²) in [6.45, 7) is 0. The second kappa shape index (κ2) is 6.43. The maximum absolute atomic E-state index is 11.4. The molecule has 1 heterocycles. The molecule has 1 aliphatic rings. The van der Waals surface area contributed by atoms with Gasteiger partial charge in [0.1, 0.15) is 12.1 Å². The zero-order valence-electron chi connectivity index (χ0n) is 12.6. The van der Waals surface area contributed by atoms with Crippen LogP contribution in [-0.4, -0.2) is 32.7 Å². The van der Waals surface area contributed by atoms with Crippen molar-refractivity contribution in [3.63, 3.8) is 0 Å². The summed E-state index contributed by atoms with van der Waals surface area (Å²) in [5.74, 6) is 0.252. The number of anilines is 3. The van der Waals surface area contributed by atoms with Crippen LogP contribution in [0.1, 0.15) is 23.2 Å². The zero-order chi connectivity index (χ0) is 16.4. The van der Waals surface area contributed by atoms with Gasteiger partial charge in [0.05, 0.1) is 5.56 Å². The lowest BCUT2D eigenvalue weighted by atomic mass is 10.3. The number of nitrogens with zero attached hydrogens (tertiary/aromatic N) is 2. The van der Waals surface area contributed by atoms with Crippen molar-refractivity contribution in [1.29, 1.82) is 0 Å². The van der Waals surface area contributed by atoms with Gasteiger partial charge in [0.15, 0.2) is 4.90 Å². The number of hydrogen-bond acceptors (Lipinski definition) is 6. The van der Waals surface area contributed by atoms with E-state index in [0.29, 0.717) is 17.8 Å². The van der Waals surface area contributed by atoms with Gasteiger partial charge in [-0.25, -0.2) is 4.98 Å². The molecule has 0 bridgehead atoms. The number of carbonyl (C=O) groups is 1. The Bertz CT molecular complexity index is 716. The molecule has 1 aromatic heterocycles. The summed E-state index contributed by atoms with van der Waals surface area (Å²) in [5.41, 5.74) is 6.39. The highest BCUT2D eigenvalue weighted by Crippen LogP contribution is 2.26. The third-order valence-electron chi connectivity index (χ3n) is 3.41. The average Bonchev–Trinajstić information content (AvgIpc) is 3.32. The molecule has 1 amide bonds. The molecule has 0 radical (unpaired) electrons. The van der Waals surface area contributed by atoms with Crippen molar-refractivity contribution in [3.05, 3.63) is 36.0 Å². The SMILES string of the molecule is C[S+]([O-])c1ccc(Nc2ncc(C(N)=O)c(NC3CC3)n2)cc1.